The summed E-state index contributed by atoms with van der Waals surface area (Å²) in [6.07, 6.45) is 1.39. The van der Waals surface area contributed by atoms with Crippen LogP contribution in [0.5, 0.6) is 0 Å². The second kappa shape index (κ2) is 2.86. The minimum absolute atomic E-state index is 1.34. The van der Waals surface area contributed by atoms with Gasteiger partial charge in [-0.3, -0.25) is 0 Å². The Hall–Kier alpha value is 0.765. The van der Waals surface area contributed by atoms with Crippen LogP contribution < -0.4 is 0 Å². The van der Waals surface area contributed by atoms with Crippen molar-refractivity contribution in [1.82, 2.24) is 0 Å². The first kappa shape index (κ1) is 4.91. The van der Waals surface area contributed by atoms with Crippen molar-refractivity contribution in [1.29, 1.82) is 0 Å². The molecule has 1 aliphatic rings. The Kier molecular flexibility index (Phi) is 2.34. The van der Waals surface area contributed by atoms with Crippen LogP contribution in [0.4, 0.5) is 0 Å². The Morgan fingerprint density at radius 2 is 1.83 bits per heavy atom. The fraction of sp³-hybridized carbons (Fsp3) is 1.00. The molecule has 0 aromatic heterocycles. The Balaban J connectivity index is 2.00. The maximum absolute atomic E-state index is 2.23. The number of hydrogen-bond acceptors (Lipinski definition) is 2. The van der Waals surface area contributed by atoms with E-state index >= 15 is 0 Å². The molecule has 0 atom stereocenters. The van der Waals surface area contributed by atoms with E-state index in [9.17, 15) is 0 Å². The molecular formula is C3H6BS2. The van der Waals surface area contributed by atoms with Crippen molar-refractivity contribution in [3.63, 3.8) is 0 Å². The number of hydrogen-bond donors (Lipinski definition) is 0. The van der Waals surface area contributed by atoms with E-state index in [0.717, 1.165) is 0 Å². The largest absolute Gasteiger partial charge is 0.267 e. The SMILES string of the molecule is [B]1SCCCS1. The molecule has 0 spiro atoms. The van der Waals surface area contributed by atoms with Gasteiger partial charge in [-0.2, -0.15) is 0 Å². The molecule has 0 aromatic carbocycles. The van der Waals surface area contributed by atoms with Crippen LogP contribution in [0.1, 0.15) is 6.42 Å². The predicted molar refractivity (Wildman–Crippen MR) is 35.3 cm³/mol. The van der Waals surface area contributed by atoms with Crippen molar-refractivity contribution in [3.8, 4) is 0 Å². The van der Waals surface area contributed by atoms with Gasteiger partial charge >= 0.3 is 0 Å². The van der Waals surface area contributed by atoms with Crippen LogP contribution in [-0.4, -0.2) is 17.3 Å². The molecule has 33 valence electrons. The van der Waals surface area contributed by atoms with Crippen molar-refractivity contribution < 1.29 is 0 Å². The van der Waals surface area contributed by atoms with Gasteiger partial charge in [0, 0.05) is 0 Å². The van der Waals surface area contributed by atoms with E-state index in [1.54, 1.807) is 0 Å². The average Bonchev–Trinajstić information content (AvgIpc) is 1.72. The zero-order chi connectivity index (χ0) is 4.24. The van der Waals surface area contributed by atoms with Gasteiger partial charge in [-0.15, -0.1) is 0 Å². The van der Waals surface area contributed by atoms with Gasteiger partial charge in [0.15, 0.2) is 0 Å². The van der Waals surface area contributed by atoms with E-state index in [1.165, 1.54) is 17.9 Å². The summed E-state index contributed by atoms with van der Waals surface area (Å²) in [6, 6.07) is 0. The second-order valence-corrected chi connectivity index (χ2v) is 3.44. The number of rotatable bonds is 0. The van der Waals surface area contributed by atoms with E-state index in [1.807, 2.05) is 23.2 Å². The Labute approximate surface area is 47.5 Å². The lowest BCUT2D eigenvalue weighted by Crippen LogP contribution is -1.93. The molecule has 1 aliphatic heterocycles. The molecule has 0 saturated carbocycles. The molecular weight excluding hydrogens is 111 g/mol. The van der Waals surface area contributed by atoms with Crippen molar-refractivity contribution in [3.05, 3.63) is 0 Å². The topological polar surface area (TPSA) is 0 Å². The molecule has 1 saturated heterocycles. The van der Waals surface area contributed by atoms with E-state index in [0.29, 0.717) is 0 Å². The van der Waals surface area contributed by atoms with Gasteiger partial charge in [-0.25, -0.2) is 23.2 Å². The van der Waals surface area contributed by atoms with E-state index in [-0.39, 0.29) is 0 Å². The molecule has 1 rings (SSSR count). The van der Waals surface area contributed by atoms with Gasteiger partial charge < -0.3 is 0 Å². The highest BCUT2D eigenvalue weighted by Gasteiger charge is 1.98. The summed E-state index contributed by atoms with van der Waals surface area (Å²) in [5.41, 5.74) is 0. The summed E-state index contributed by atoms with van der Waals surface area (Å²) < 4.78 is 0. The molecule has 1 radical (unpaired) electrons. The van der Waals surface area contributed by atoms with Gasteiger partial charge in [0.1, 0.15) is 0 Å². The first-order valence-corrected chi connectivity index (χ1v) is 4.15. The van der Waals surface area contributed by atoms with Crippen LogP contribution in [0.15, 0.2) is 0 Å². The van der Waals surface area contributed by atoms with E-state index in [2.05, 4.69) is 5.84 Å². The summed E-state index contributed by atoms with van der Waals surface area (Å²) in [5, 5.41) is 0. The highest BCUT2D eigenvalue weighted by molar-refractivity contribution is 8.50. The van der Waals surface area contributed by atoms with E-state index in [4.69, 9.17) is 0 Å². The minimum atomic E-state index is 1.34. The molecule has 3 heteroatoms. The van der Waals surface area contributed by atoms with Crippen molar-refractivity contribution in [2.75, 3.05) is 11.5 Å². The molecule has 0 nitrogen and oxygen atoms in total. The third kappa shape index (κ3) is 1.48. The van der Waals surface area contributed by atoms with Gasteiger partial charge in [0.2, 0.25) is 0 Å². The Morgan fingerprint density at radius 3 is 2.00 bits per heavy atom. The van der Waals surface area contributed by atoms with Crippen molar-refractivity contribution >= 4 is 29.1 Å². The van der Waals surface area contributed by atoms with Gasteiger partial charge in [-0.05, 0) is 17.9 Å². The molecule has 0 amide bonds. The van der Waals surface area contributed by atoms with Gasteiger partial charge in [-0.1, -0.05) is 0 Å². The normalized spacial score (nSPS) is 22.7. The standard InChI is InChI=1S/C3H6BS2/c1-2-5-4-6-3-1/h1-3H2. The second-order valence-electron chi connectivity index (χ2n) is 1.19. The van der Waals surface area contributed by atoms with Gasteiger partial charge in [0.05, 0.1) is 0 Å². The van der Waals surface area contributed by atoms with Crippen LogP contribution in [0.2, 0.25) is 0 Å². The molecule has 0 aliphatic carbocycles. The van der Waals surface area contributed by atoms with E-state index < -0.39 is 0 Å². The summed E-state index contributed by atoms with van der Waals surface area (Å²) in [6.45, 7) is 0. The average molecular weight is 117 g/mol. The zero-order valence-corrected chi connectivity index (χ0v) is 5.15. The third-order valence-electron chi connectivity index (χ3n) is 0.660. The first-order chi connectivity index (χ1) is 3.00. The lowest BCUT2D eigenvalue weighted by Gasteiger charge is -2.04. The Morgan fingerprint density at radius 1 is 1.17 bits per heavy atom. The van der Waals surface area contributed by atoms with Crippen LogP contribution >= 0.6 is 23.2 Å². The van der Waals surface area contributed by atoms with Crippen LogP contribution in [0.3, 0.4) is 0 Å². The molecule has 0 bridgehead atoms. The molecule has 1 fully saturated rings. The monoisotopic (exact) mass is 117 g/mol. The minimum Gasteiger partial charge on any atom is -0.202 e. The quantitative estimate of drug-likeness (QED) is 0.439. The first-order valence-electron chi connectivity index (χ1n) is 2.05. The molecule has 1 heterocycles. The summed E-state index contributed by atoms with van der Waals surface area (Å²) in [7, 11) is 0. The zero-order valence-electron chi connectivity index (χ0n) is 3.52. The maximum atomic E-state index is 2.23. The predicted octanol–water partition coefficient (Wildman–Crippen LogP) is 1.39. The van der Waals surface area contributed by atoms with Crippen LogP contribution in [0, 0.1) is 0 Å². The van der Waals surface area contributed by atoms with Crippen LogP contribution in [0.25, 0.3) is 0 Å². The molecule has 6 heavy (non-hydrogen) atoms. The van der Waals surface area contributed by atoms with Crippen molar-refractivity contribution in [2.45, 2.75) is 6.42 Å². The van der Waals surface area contributed by atoms with Crippen molar-refractivity contribution in [2.24, 2.45) is 0 Å². The third-order valence-corrected chi connectivity index (χ3v) is 2.80. The molecule has 0 aromatic rings. The summed E-state index contributed by atoms with van der Waals surface area (Å²) >= 11 is 3.87. The lowest BCUT2D eigenvalue weighted by molar-refractivity contribution is 1.13. The van der Waals surface area contributed by atoms with Gasteiger partial charge in [0.25, 0.3) is 5.84 Å². The highest BCUT2D eigenvalue weighted by Crippen LogP contribution is 2.17. The fourth-order valence-corrected chi connectivity index (χ4v) is 2.33. The van der Waals surface area contributed by atoms with Crippen LogP contribution in [-0.2, 0) is 0 Å². The summed E-state index contributed by atoms with van der Waals surface area (Å²) in [5.74, 6) is 4.91. The summed E-state index contributed by atoms with van der Waals surface area (Å²) in [4.78, 5) is 0. The lowest BCUT2D eigenvalue weighted by atomic mass is 10.6. The maximum Gasteiger partial charge on any atom is 0.267 e. The smallest absolute Gasteiger partial charge is 0.202 e. The molecule has 0 N–H and O–H groups in total. The fourth-order valence-electron chi connectivity index (χ4n) is 0.370. The Bertz CT molecular complexity index is 24.3. The highest BCUT2D eigenvalue weighted by atomic mass is 32.2. The molecule has 0 unspecified atom stereocenters.